The highest BCUT2D eigenvalue weighted by atomic mass is 19.1. The van der Waals surface area contributed by atoms with E-state index < -0.39 is 10.7 Å². The Morgan fingerprint density at radius 3 is 2.50 bits per heavy atom. The van der Waals surface area contributed by atoms with Crippen LogP contribution in [-0.2, 0) is 0 Å². The molecule has 0 saturated carbocycles. The van der Waals surface area contributed by atoms with E-state index in [-0.39, 0.29) is 5.69 Å². The Morgan fingerprint density at radius 1 is 1.23 bits per heavy atom. The number of H-pyrrole nitrogens is 1. The monoisotopic (exact) mass is 305 g/mol. The van der Waals surface area contributed by atoms with Crippen LogP contribution in [0.25, 0.3) is 0 Å². The van der Waals surface area contributed by atoms with Gasteiger partial charge in [0.2, 0.25) is 0 Å². The van der Waals surface area contributed by atoms with E-state index in [0.29, 0.717) is 31.9 Å². The second kappa shape index (κ2) is 5.63. The van der Waals surface area contributed by atoms with Crippen molar-refractivity contribution in [1.29, 1.82) is 0 Å². The minimum Gasteiger partial charge on any atom is -0.362 e. The SMILES string of the molecule is Cc1cc(N2CCN(c3cc(F)ccc3[N+](=O)[O-])CC2)n[nH]1. The normalized spacial score (nSPS) is 15.2. The molecule has 0 radical (unpaired) electrons. The van der Waals surface area contributed by atoms with Gasteiger partial charge in [-0.2, -0.15) is 5.10 Å². The summed E-state index contributed by atoms with van der Waals surface area (Å²) in [4.78, 5) is 14.6. The highest BCUT2D eigenvalue weighted by molar-refractivity contribution is 5.64. The second-order valence-corrected chi connectivity index (χ2v) is 5.27. The van der Waals surface area contributed by atoms with Crippen molar-refractivity contribution in [2.45, 2.75) is 6.92 Å². The highest BCUT2D eigenvalue weighted by Crippen LogP contribution is 2.30. The molecule has 7 nitrogen and oxygen atoms in total. The number of nitrogens with one attached hydrogen (secondary N) is 1. The maximum Gasteiger partial charge on any atom is 0.292 e. The summed E-state index contributed by atoms with van der Waals surface area (Å²) in [5, 5.41) is 18.2. The molecule has 8 heteroatoms. The molecule has 0 amide bonds. The lowest BCUT2D eigenvalue weighted by Crippen LogP contribution is -2.46. The number of nitro groups is 1. The zero-order valence-electron chi connectivity index (χ0n) is 12.1. The number of anilines is 2. The molecule has 1 aliphatic heterocycles. The summed E-state index contributed by atoms with van der Waals surface area (Å²) < 4.78 is 13.4. The molecule has 0 atom stereocenters. The number of aromatic nitrogens is 2. The van der Waals surface area contributed by atoms with Gasteiger partial charge in [0.1, 0.15) is 11.5 Å². The minimum atomic E-state index is -0.474. The minimum absolute atomic E-state index is 0.0644. The molecule has 1 aromatic heterocycles. The van der Waals surface area contributed by atoms with E-state index in [1.807, 2.05) is 17.9 Å². The molecular weight excluding hydrogens is 289 g/mol. The molecule has 2 aromatic rings. The van der Waals surface area contributed by atoms with Crippen molar-refractivity contribution in [1.82, 2.24) is 10.2 Å². The topological polar surface area (TPSA) is 78.3 Å². The number of nitro benzene ring substituents is 1. The quantitative estimate of drug-likeness (QED) is 0.694. The largest absolute Gasteiger partial charge is 0.362 e. The fraction of sp³-hybridized carbons (Fsp3) is 0.357. The smallest absolute Gasteiger partial charge is 0.292 e. The van der Waals surface area contributed by atoms with E-state index in [4.69, 9.17) is 0 Å². The Morgan fingerprint density at radius 2 is 1.91 bits per heavy atom. The van der Waals surface area contributed by atoms with Crippen molar-refractivity contribution in [3.63, 3.8) is 0 Å². The average molecular weight is 305 g/mol. The maximum atomic E-state index is 13.4. The molecule has 1 aromatic carbocycles. The van der Waals surface area contributed by atoms with Crippen LogP contribution >= 0.6 is 0 Å². The van der Waals surface area contributed by atoms with Gasteiger partial charge < -0.3 is 9.80 Å². The van der Waals surface area contributed by atoms with E-state index in [0.717, 1.165) is 17.6 Å². The number of piperazine rings is 1. The van der Waals surface area contributed by atoms with Gasteiger partial charge in [-0.05, 0) is 13.0 Å². The number of benzene rings is 1. The van der Waals surface area contributed by atoms with Crippen LogP contribution < -0.4 is 9.80 Å². The van der Waals surface area contributed by atoms with E-state index in [1.165, 1.54) is 12.1 Å². The van der Waals surface area contributed by atoms with Crippen LogP contribution in [0.1, 0.15) is 5.69 Å². The first-order valence-corrected chi connectivity index (χ1v) is 7.00. The van der Waals surface area contributed by atoms with Crippen molar-refractivity contribution in [3.05, 3.63) is 45.9 Å². The first kappa shape index (κ1) is 14.3. The van der Waals surface area contributed by atoms with E-state index in [1.54, 1.807) is 0 Å². The molecule has 1 saturated heterocycles. The zero-order valence-corrected chi connectivity index (χ0v) is 12.1. The van der Waals surface area contributed by atoms with Crippen molar-refractivity contribution in [2.24, 2.45) is 0 Å². The Labute approximate surface area is 126 Å². The maximum absolute atomic E-state index is 13.4. The van der Waals surface area contributed by atoms with Crippen LogP contribution in [-0.4, -0.2) is 41.3 Å². The fourth-order valence-corrected chi connectivity index (χ4v) is 2.65. The van der Waals surface area contributed by atoms with Gasteiger partial charge in [0.15, 0.2) is 5.82 Å². The first-order chi connectivity index (χ1) is 10.5. The van der Waals surface area contributed by atoms with Gasteiger partial charge in [-0.1, -0.05) is 0 Å². The lowest BCUT2D eigenvalue weighted by atomic mass is 10.2. The number of halogens is 1. The van der Waals surface area contributed by atoms with Crippen molar-refractivity contribution < 1.29 is 9.31 Å². The van der Waals surface area contributed by atoms with E-state index >= 15 is 0 Å². The molecular formula is C14H16FN5O2. The summed E-state index contributed by atoms with van der Waals surface area (Å²) in [5.41, 5.74) is 1.26. The van der Waals surface area contributed by atoms with Gasteiger partial charge in [0, 0.05) is 50.1 Å². The van der Waals surface area contributed by atoms with Crippen molar-refractivity contribution >= 4 is 17.2 Å². The lowest BCUT2D eigenvalue weighted by molar-refractivity contribution is -0.384. The number of hydrogen-bond donors (Lipinski definition) is 1. The van der Waals surface area contributed by atoms with Crippen LogP contribution in [0.15, 0.2) is 24.3 Å². The van der Waals surface area contributed by atoms with Gasteiger partial charge >= 0.3 is 0 Å². The van der Waals surface area contributed by atoms with Gasteiger partial charge in [-0.25, -0.2) is 4.39 Å². The lowest BCUT2D eigenvalue weighted by Gasteiger charge is -2.35. The molecule has 0 aliphatic carbocycles. The number of aryl methyl sites for hydroxylation is 1. The second-order valence-electron chi connectivity index (χ2n) is 5.27. The fourth-order valence-electron chi connectivity index (χ4n) is 2.65. The molecule has 2 heterocycles. The molecule has 1 fully saturated rings. The predicted molar refractivity (Wildman–Crippen MR) is 80.8 cm³/mol. The molecule has 1 aliphatic rings. The number of hydrogen-bond acceptors (Lipinski definition) is 5. The molecule has 116 valence electrons. The average Bonchev–Trinajstić information content (AvgIpc) is 2.93. The first-order valence-electron chi connectivity index (χ1n) is 7.00. The summed E-state index contributed by atoms with van der Waals surface area (Å²) in [6, 6.07) is 5.52. The van der Waals surface area contributed by atoms with Crippen LogP contribution in [0.2, 0.25) is 0 Å². The number of nitrogens with zero attached hydrogens (tertiary/aromatic N) is 4. The van der Waals surface area contributed by atoms with Crippen LogP contribution in [0, 0.1) is 22.9 Å². The van der Waals surface area contributed by atoms with E-state index in [2.05, 4.69) is 15.1 Å². The summed E-state index contributed by atoms with van der Waals surface area (Å²) in [7, 11) is 0. The summed E-state index contributed by atoms with van der Waals surface area (Å²) in [6.45, 7) is 4.45. The summed E-state index contributed by atoms with van der Waals surface area (Å²) >= 11 is 0. The third-order valence-corrected chi connectivity index (χ3v) is 3.77. The molecule has 22 heavy (non-hydrogen) atoms. The highest BCUT2D eigenvalue weighted by Gasteiger charge is 2.25. The van der Waals surface area contributed by atoms with Crippen molar-refractivity contribution in [3.8, 4) is 0 Å². The van der Waals surface area contributed by atoms with Crippen LogP contribution in [0.4, 0.5) is 21.6 Å². The van der Waals surface area contributed by atoms with Gasteiger partial charge in [0.05, 0.1) is 4.92 Å². The third-order valence-electron chi connectivity index (χ3n) is 3.77. The van der Waals surface area contributed by atoms with Gasteiger partial charge in [0.25, 0.3) is 5.69 Å². The Hall–Kier alpha value is -2.64. The van der Waals surface area contributed by atoms with Gasteiger partial charge in [-0.3, -0.25) is 15.2 Å². The molecule has 0 unspecified atom stereocenters. The zero-order chi connectivity index (χ0) is 15.7. The van der Waals surface area contributed by atoms with Crippen molar-refractivity contribution in [2.75, 3.05) is 36.0 Å². The predicted octanol–water partition coefficient (Wildman–Crippen LogP) is 2.09. The Kier molecular flexibility index (Phi) is 3.66. The molecule has 3 rings (SSSR count). The molecule has 1 N–H and O–H groups in total. The molecule has 0 bridgehead atoms. The standard InChI is InChI=1S/C14H16FN5O2/c1-10-8-14(17-16-10)19-6-4-18(5-7-19)13-9-11(15)2-3-12(13)20(21)22/h2-3,8-9H,4-7H2,1H3,(H,16,17). The number of aromatic amines is 1. The van der Waals surface area contributed by atoms with Crippen LogP contribution in [0.3, 0.4) is 0 Å². The Balaban J connectivity index is 1.76. The summed E-state index contributed by atoms with van der Waals surface area (Å²) in [5.74, 6) is 0.400. The van der Waals surface area contributed by atoms with Crippen LogP contribution in [0.5, 0.6) is 0 Å². The third kappa shape index (κ3) is 2.72. The number of rotatable bonds is 3. The summed E-state index contributed by atoms with van der Waals surface area (Å²) in [6.07, 6.45) is 0. The van der Waals surface area contributed by atoms with E-state index in [9.17, 15) is 14.5 Å². The molecule has 0 spiro atoms. The van der Waals surface area contributed by atoms with Gasteiger partial charge in [-0.15, -0.1) is 0 Å². The Bertz CT molecular complexity index is 694.